The number of pyridine rings is 1. The van der Waals surface area contributed by atoms with E-state index in [9.17, 15) is 4.79 Å². The van der Waals surface area contributed by atoms with Gasteiger partial charge in [-0.1, -0.05) is 18.2 Å². The number of fused-ring (bicyclic) bond motifs is 1. The van der Waals surface area contributed by atoms with Gasteiger partial charge >= 0.3 is 0 Å². The third kappa shape index (κ3) is 2.82. The number of hydrogen-bond donors (Lipinski definition) is 0. The van der Waals surface area contributed by atoms with E-state index in [2.05, 4.69) is 15.2 Å². The molecule has 0 amide bonds. The van der Waals surface area contributed by atoms with E-state index in [1.54, 1.807) is 30.5 Å². The van der Waals surface area contributed by atoms with Crippen molar-refractivity contribution in [2.24, 2.45) is 10.2 Å². The zero-order valence-corrected chi connectivity index (χ0v) is 14.4. The Morgan fingerprint density at radius 2 is 1.92 bits per heavy atom. The van der Waals surface area contributed by atoms with Crippen LogP contribution in [-0.2, 0) is 0 Å². The van der Waals surface area contributed by atoms with Gasteiger partial charge < -0.3 is 4.42 Å². The number of Topliss-reactive ketones (excluding diaryl/α,β-unsaturated/α-hetero) is 1. The van der Waals surface area contributed by atoms with Crippen molar-refractivity contribution in [3.63, 3.8) is 0 Å². The van der Waals surface area contributed by atoms with Crippen LogP contribution < -0.4 is 0 Å². The van der Waals surface area contributed by atoms with E-state index in [1.807, 2.05) is 41.7 Å². The normalized spacial score (nSPS) is 11.5. The Bertz CT molecular complexity index is 1120. The first-order valence-electron chi connectivity index (χ1n) is 8.18. The molecule has 0 atom stereocenters. The number of carbonyl (C=O) groups is 1. The largest absolute Gasteiger partial charge is 0.463 e. The van der Waals surface area contributed by atoms with E-state index in [0.717, 1.165) is 11.3 Å². The van der Waals surface area contributed by atoms with Crippen LogP contribution in [0.2, 0.25) is 0 Å². The number of azo groups is 1. The standard InChI is InChI=1S/C20H16N4O2/c1-13-6-3-10-18-21-19(17-9-5-11-26-17)20(24(13)18)23-22-16-8-4-7-15(12-16)14(2)25/h3-12H,1-2H3. The topological polar surface area (TPSA) is 72.2 Å². The van der Waals surface area contributed by atoms with Crippen LogP contribution in [-0.4, -0.2) is 15.2 Å². The Balaban J connectivity index is 1.86. The van der Waals surface area contributed by atoms with Crippen molar-refractivity contribution in [2.45, 2.75) is 13.8 Å². The molecule has 0 bridgehead atoms. The molecular weight excluding hydrogens is 328 g/mol. The lowest BCUT2D eigenvalue weighted by Gasteiger charge is -2.01. The van der Waals surface area contributed by atoms with Crippen LogP contribution in [0.25, 0.3) is 17.1 Å². The first-order valence-corrected chi connectivity index (χ1v) is 8.18. The Labute approximate surface area is 149 Å². The summed E-state index contributed by atoms with van der Waals surface area (Å²) in [6, 6.07) is 16.6. The summed E-state index contributed by atoms with van der Waals surface area (Å²) in [5.74, 6) is 1.20. The number of nitrogens with zero attached hydrogens (tertiary/aromatic N) is 4. The highest BCUT2D eigenvalue weighted by atomic mass is 16.3. The average Bonchev–Trinajstić information content (AvgIpc) is 3.28. The molecule has 0 radical (unpaired) electrons. The lowest BCUT2D eigenvalue weighted by atomic mass is 10.1. The quantitative estimate of drug-likeness (QED) is 0.361. The number of ketones is 1. The highest BCUT2D eigenvalue weighted by Gasteiger charge is 2.17. The van der Waals surface area contributed by atoms with E-state index < -0.39 is 0 Å². The molecule has 0 aliphatic heterocycles. The lowest BCUT2D eigenvalue weighted by Crippen LogP contribution is -1.90. The fourth-order valence-electron chi connectivity index (χ4n) is 2.80. The highest BCUT2D eigenvalue weighted by Crippen LogP contribution is 2.33. The maximum Gasteiger partial charge on any atom is 0.191 e. The van der Waals surface area contributed by atoms with E-state index in [0.29, 0.717) is 28.5 Å². The number of carbonyl (C=O) groups excluding carboxylic acids is 1. The summed E-state index contributed by atoms with van der Waals surface area (Å²) >= 11 is 0. The van der Waals surface area contributed by atoms with Gasteiger partial charge in [-0.25, -0.2) is 4.98 Å². The second kappa shape index (κ2) is 6.40. The summed E-state index contributed by atoms with van der Waals surface area (Å²) in [7, 11) is 0. The van der Waals surface area contributed by atoms with E-state index in [1.165, 1.54) is 6.92 Å². The Morgan fingerprint density at radius 3 is 2.69 bits per heavy atom. The number of rotatable bonds is 4. The minimum atomic E-state index is -0.0102. The van der Waals surface area contributed by atoms with Crippen LogP contribution >= 0.6 is 0 Å². The molecule has 26 heavy (non-hydrogen) atoms. The second-order valence-electron chi connectivity index (χ2n) is 5.93. The molecule has 6 nitrogen and oxygen atoms in total. The number of imidazole rings is 1. The van der Waals surface area contributed by atoms with Crippen molar-refractivity contribution in [1.29, 1.82) is 0 Å². The summed E-state index contributed by atoms with van der Waals surface area (Å²) in [6.45, 7) is 3.51. The Hall–Kier alpha value is -3.54. The SMILES string of the molecule is CC(=O)c1cccc(N=Nc2c(-c3ccco3)nc3cccc(C)n23)c1. The monoisotopic (exact) mass is 344 g/mol. The molecule has 0 unspecified atom stereocenters. The second-order valence-corrected chi connectivity index (χ2v) is 5.93. The molecule has 6 heteroatoms. The van der Waals surface area contributed by atoms with Crippen LogP contribution in [0.3, 0.4) is 0 Å². The number of benzene rings is 1. The summed E-state index contributed by atoms with van der Waals surface area (Å²) in [4.78, 5) is 16.2. The van der Waals surface area contributed by atoms with Crippen molar-refractivity contribution in [1.82, 2.24) is 9.38 Å². The number of aryl methyl sites for hydroxylation is 1. The Morgan fingerprint density at radius 1 is 1.08 bits per heavy atom. The van der Waals surface area contributed by atoms with Gasteiger partial charge in [0.1, 0.15) is 5.65 Å². The zero-order valence-electron chi connectivity index (χ0n) is 14.4. The third-order valence-electron chi connectivity index (χ3n) is 4.08. The van der Waals surface area contributed by atoms with E-state index in [-0.39, 0.29) is 5.78 Å². The van der Waals surface area contributed by atoms with Gasteiger partial charge in [0.2, 0.25) is 0 Å². The summed E-state index contributed by atoms with van der Waals surface area (Å²) in [5.41, 5.74) is 3.58. The van der Waals surface area contributed by atoms with Crippen molar-refractivity contribution < 1.29 is 9.21 Å². The van der Waals surface area contributed by atoms with Crippen LogP contribution in [0.5, 0.6) is 0 Å². The first-order chi connectivity index (χ1) is 12.6. The number of furan rings is 1. The predicted octanol–water partition coefficient (Wildman–Crippen LogP) is 5.52. The Kier molecular flexibility index (Phi) is 3.93. The van der Waals surface area contributed by atoms with E-state index in [4.69, 9.17) is 4.42 Å². The molecule has 0 aliphatic carbocycles. The zero-order chi connectivity index (χ0) is 18.1. The molecule has 0 fully saturated rings. The van der Waals surface area contributed by atoms with E-state index >= 15 is 0 Å². The smallest absolute Gasteiger partial charge is 0.191 e. The van der Waals surface area contributed by atoms with Gasteiger partial charge in [0.25, 0.3) is 0 Å². The first kappa shape index (κ1) is 16.0. The van der Waals surface area contributed by atoms with Crippen molar-refractivity contribution >= 4 is 22.9 Å². The molecule has 0 aliphatic rings. The van der Waals surface area contributed by atoms with Gasteiger partial charge in [-0.15, -0.1) is 10.2 Å². The minimum Gasteiger partial charge on any atom is -0.463 e. The van der Waals surface area contributed by atoms with Gasteiger partial charge in [0.05, 0.1) is 12.0 Å². The minimum absolute atomic E-state index is 0.0102. The maximum atomic E-state index is 11.6. The fraction of sp³-hybridized carbons (Fsp3) is 0.100. The molecule has 0 saturated carbocycles. The molecule has 4 aromatic rings. The number of aromatic nitrogens is 2. The highest BCUT2D eigenvalue weighted by molar-refractivity contribution is 5.94. The van der Waals surface area contributed by atoms with Gasteiger partial charge in [0, 0.05) is 11.3 Å². The lowest BCUT2D eigenvalue weighted by molar-refractivity contribution is 0.101. The van der Waals surface area contributed by atoms with Crippen molar-refractivity contribution in [2.75, 3.05) is 0 Å². The maximum absolute atomic E-state index is 11.6. The van der Waals surface area contributed by atoms with Crippen molar-refractivity contribution in [3.8, 4) is 11.5 Å². The van der Waals surface area contributed by atoms with Crippen molar-refractivity contribution in [3.05, 3.63) is 72.1 Å². The summed E-state index contributed by atoms with van der Waals surface area (Å²) in [5, 5.41) is 8.76. The summed E-state index contributed by atoms with van der Waals surface area (Å²) in [6.07, 6.45) is 1.60. The molecule has 0 saturated heterocycles. The summed E-state index contributed by atoms with van der Waals surface area (Å²) < 4.78 is 7.44. The third-order valence-corrected chi connectivity index (χ3v) is 4.08. The molecule has 0 N–H and O–H groups in total. The molecular formula is C20H16N4O2. The molecule has 3 heterocycles. The van der Waals surface area contributed by atoms with Crippen LogP contribution in [0.4, 0.5) is 11.5 Å². The molecule has 0 spiro atoms. The predicted molar refractivity (Wildman–Crippen MR) is 98.3 cm³/mol. The van der Waals surface area contributed by atoms with Gasteiger partial charge in [0.15, 0.2) is 23.1 Å². The van der Waals surface area contributed by atoms with Gasteiger partial charge in [-0.2, -0.15) is 0 Å². The molecule has 3 aromatic heterocycles. The average molecular weight is 344 g/mol. The van der Waals surface area contributed by atoms with Crippen LogP contribution in [0.1, 0.15) is 23.0 Å². The molecule has 128 valence electrons. The number of hydrogen-bond acceptors (Lipinski definition) is 5. The molecule has 4 rings (SSSR count). The molecule has 1 aromatic carbocycles. The van der Waals surface area contributed by atoms with Gasteiger partial charge in [-0.3, -0.25) is 9.20 Å². The fourth-order valence-corrected chi connectivity index (χ4v) is 2.80. The van der Waals surface area contributed by atoms with Gasteiger partial charge in [-0.05, 0) is 50.2 Å². The van der Waals surface area contributed by atoms with Crippen LogP contribution in [0, 0.1) is 6.92 Å². The van der Waals surface area contributed by atoms with Crippen LogP contribution in [0.15, 0.2) is 75.5 Å².